The maximum Gasteiger partial charge on any atom is 0.226 e. The van der Waals surface area contributed by atoms with Crippen LogP contribution < -0.4 is 4.74 Å². The zero-order valence-electron chi connectivity index (χ0n) is 11.7. The van der Waals surface area contributed by atoms with Crippen LogP contribution in [0.2, 0.25) is 0 Å². The van der Waals surface area contributed by atoms with Crippen LogP contribution in [0.5, 0.6) is 5.75 Å². The highest BCUT2D eigenvalue weighted by Crippen LogP contribution is 2.34. The van der Waals surface area contributed by atoms with Gasteiger partial charge in [-0.3, -0.25) is 4.98 Å². The number of ether oxygens (including phenoxy) is 2. The molecule has 20 heavy (non-hydrogen) atoms. The lowest BCUT2D eigenvalue weighted by molar-refractivity contribution is -0.180. The van der Waals surface area contributed by atoms with Crippen LogP contribution in [0.25, 0.3) is 0 Å². The van der Waals surface area contributed by atoms with E-state index in [-0.39, 0.29) is 0 Å². The number of hydrogen-bond acceptors (Lipinski definition) is 5. The predicted molar refractivity (Wildman–Crippen MR) is 74.3 cm³/mol. The van der Waals surface area contributed by atoms with Crippen molar-refractivity contribution in [3.8, 4) is 5.75 Å². The van der Waals surface area contributed by atoms with Crippen molar-refractivity contribution in [3.05, 3.63) is 35.4 Å². The summed E-state index contributed by atoms with van der Waals surface area (Å²) in [4.78, 5) is 15.6. The Balaban J connectivity index is 1.98. The van der Waals surface area contributed by atoms with Crippen LogP contribution >= 0.6 is 0 Å². The van der Waals surface area contributed by atoms with Gasteiger partial charge in [-0.05, 0) is 6.92 Å². The average molecular weight is 272 g/mol. The van der Waals surface area contributed by atoms with E-state index in [1.807, 2.05) is 20.8 Å². The second-order valence-electron chi connectivity index (χ2n) is 5.07. The third kappa shape index (κ3) is 2.42. The molecule has 0 unspecified atom stereocenters. The van der Waals surface area contributed by atoms with Gasteiger partial charge in [0.15, 0.2) is 5.75 Å². The molecule has 2 aromatic rings. The molecule has 0 aliphatic carbocycles. The smallest absolute Gasteiger partial charge is 0.226 e. The Morgan fingerprint density at radius 3 is 3.00 bits per heavy atom. The van der Waals surface area contributed by atoms with Crippen LogP contribution in [0.15, 0.2) is 23.6 Å². The molecule has 0 amide bonds. The molecule has 6 nitrogen and oxygen atoms in total. The molecule has 1 aliphatic rings. The van der Waals surface area contributed by atoms with E-state index < -0.39 is 5.79 Å². The lowest BCUT2D eigenvalue weighted by Crippen LogP contribution is -2.36. The summed E-state index contributed by atoms with van der Waals surface area (Å²) in [6.45, 7) is 6.18. The Bertz CT molecular complexity index is 647. The van der Waals surface area contributed by atoms with Gasteiger partial charge in [0.25, 0.3) is 0 Å². The van der Waals surface area contributed by atoms with Crippen molar-refractivity contribution in [2.45, 2.75) is 33.2 Å². The van der Waals surface area contributed by atoms with Gasteiger partial charge in [-0.25, -0.2) is 9.98 Å². The van der Waals surface area contributed by atoms with E-state index in [4.69, 9.17) is 9.47 Å². The highest BCUT2D eigenvalue weighted by atomic mass is 16.7. The number of aromatic nitrogens is 3. The quantitative estimate of drug-likeness (QED) is 0.852. The van der Waals surface area contributed by atoms with Gasteiger partial charge < -0.3 is 14.5 Å². The van der Waals surface area contributed by atoms with Gasteiger partial charge in [0.1, 0.15) is 0 Å². The fraction of sp³-hybridized carbons (Fsp3) is 0.357. The molecular weight excluding hydrogens is 256 g/mol. The standard InChI is InChI=1S/C14H16N4O2/c1-9-12-11(8-19-14(2,3)20-12)10(6-17-9)7-18-13-15-4-5-16-13/h4-7H,8H2,1-3H3,(H,15,16)/b18-7+. The first-order valence-corrected chi connectivity index (χ1v) is 6.40. The molecular formula is C14H16N4O2. The van der Waals surface area contributed by atoms with Crippen molar-refractivity contribution < 1.29 is 9.47 Å². The minimum atomic E-state index is -0.629. The highest BCUT2D eigenvalue weighted by Gasteiger charge is 2.30. The molecule has 1 aliphatic heterocycles. The number of pyridine rings is 1. The van der Waals surface area contributed by atoms with Gasteiger partial charge in [-0.1, -0.05) is 0 Å². The van der Waals surface area contributed by atoms with E-state index in [9.17, 15) is 0 Å². The number of imidazole rings is 1. The molecule has 6 heteroatoms. The molecule has 0 atom stereocenters. The number of nitrogens with one attached hydrogen (secondary N) is 1. The van der Waals surface area contributed by atoms with Gasteiger partial charge in [0.2, 0.25) is 11.7 Å². The SMILES string of the molecule is Cc1ncc(/C=N/c2ncc[nH]2)c2c1OC(C)(C)OC2. The molecule has 0 saturated heterocycles. The third-order valence-electron chi connectivity index (χ3n) is 3.07. The van der Waals surface area contributed by atoms with Crippen molar-refractivity contribution in [3.63, 3.8) is 0 Å². The van der Waals surface area contributed by atoms with Crippen LogP contribution in [-0.2, 0) is 11.3 Å². The number of fused-ring (bicyclic) bond motifs is 1. The Morgan fingerprint density at radius 2 is 2.25 bits per heavy atom. The molecule has 0 aromatic carbocycles. The second kappa shape index (κ2) is 4.72. The molecule has 104 valence electrons. The predicted octanol–water partition coefficient (Wildman–Crippen LogP) is 2.51. The normalized spacial score (nSPS) is 16.9. The summed E-state index contributed by atoms with van der Waals surface area (Å²) in [5, 5.41) is 0. The van der Waals surface area contributed by atoms with E-state index >= 15 is 0 Å². The minimum Gasteiger partial charge on any atom is -0.461 e. The molecule has 0 spiro atoms. The summed E-state index contributed by atoms with van der Waals surface area (Å²) in [5.74, 6) is 0.706. The van der Waals surface area contributed by atoms with E-state index in [1.165, 1.54) is 0 Å². The third-order valence-corrected chi connectivity index (χ3v) is 3.07. The van der Waals surface area contributed by atoms with Crippen molar-refractivity contribution >= 4 is 12.2 Å². The maximum atomic E-state index is 5.86. The van der Waals surface area contributed by atoms with Crippen LogP contribution in [0.3, 0.4) is 0 Å². The second-order valence-corrected chi connectivity index (χ2v) is 5.07. The summed E-state index contributed by atoms with van der Waals surface area (Å²) >= 11 is 0. The van der Waals surface area contributed by atoms with Gasteiger partial charge in [-0.2, -0.15) is 0 Å². The zero-order chi connectivity index (χ0) is 14.2. The minimum absolute atomic E-state index is 0.477. The van der Waals surface area contributed by atoms with Crippen LogP contribution in [0.4, 0.5) is 5.95 Å². The Kier molecular flexibility index (Phi) is 3.02. The van der Waals surface area contributed by atoms with Crippen molar-refractivity contribution in [2.24, 2.45) is 4.99 Å². The monoisotopic (exact) mass is 272 g/mol. The first-order chi connectivity index (χ1) is 9.55. The number of nitrogens with zero attached hydrogens (tertiary/aromatic N) is 3. The van der Waals surface area contributed by atoms with Gasteiger partial charge in [-0.15, -0.1) is 0 Å². The molecule has 0 saturated carbocycles. The van der Waals surface area contributed by atoms with Crippen LogP contribution in [0, 0.1) is 6.92 Å². The van der Waals surface area contributed by atoms with Crippen LogP contribution in [-0.4, -0.2) is 27.0 Å². The summed E-state index contributed by atoms with van der Waals surface area (Å²) < 4.78 is 11.5. The number of H-pyrrole nitrogens is 1. The van der Waals surface area contributed by atoms with Crippen molar-refractivity contribution in [2.75, 3.05) is 0 Å². The fourth-order valence-corrected chi connectivity index (χ4v) is 2.03. The van der Waals surface area contributed by atoms with E-state index in [0.717, 1.165) is 22.6 Å². The van der Waals surface area contributed by atoms with Crippen molar-refractivity contribution in [1.29, 1.82) is 0 Å². The molecule has 3 heterocycles. The van der Waals surface area contributed by atoms with Crippen molar-refractivity contribution in [1.82, 2.24) is 15.0 Å². The first kappa shape index (κ1) is 12.8. The average Bonchev–Trinajstić information content (AvgIpc) is 2.91. The molecule has 0 fully saturated rings. The zero-order valence-corrected chi connectivity index (χ0v) is 11.7. The number of hydrogen-bond donors (Lipinski definition) is 1. The fourth-order valence-electron chi connectivity index (χ4n) is 2.03. The highest BCUT2D eigenvalue weighted by molar-refractivity contribution is 5.84. The summed E-state index contributed by atoms with van der Waals surface area (Å²) in [5.41, 5.74) is 2.69. The van der Waals surface area contributed by atoms with E-state index in [2.05, 4.69) is 19.9 Å². The number of aryl methyl sites for hydroxylation is 1. The van der Waals surface area contributed by atoms with E-state index in [0.29, 0.717) is 12.6 Å². The van der Waals surface area contributed by atoms with Crippen LogP contribution in [0.1, 0.15) is 30.7 Å². The number of aliphatic imine (C=N–C) groups is 1. The lowest BCUT2D eigenvalue weighted by atomic mass is 10.1. The molecule has 0 bridgehead atoms. The Labute approximate surface area is 116 Å². The largest absolute Gasteiger partial charge is 0.461 e. The number of aromatic amines is 1. The van der Waals surface area contributed by atoms with Gasteiger partial charge >= 0.3 is 0 Å². The van der Waals surface area contributed by atoms with Gasteiger partial charge in [0.05, 0.1) is 12.3 Å². The molecule has 3 rings (SSSR count). The summed E-state index contributed by atoms with van der Waals surface area (Å²) in [6.07, 6.45) is 6.87. The Hall–Kier alpha value is -2.21. The topological polar surface area (TPSA) is 72.4 Å². The molecule has 0 radical (unpaired) electrons. The van der Waals surface area contributed by atoms with Gasteiger partial charge in [0, 0.05) is 49.8 Å². The summed E-state index contributed by atoms with van der Waals surface area (Å²) in [6, 6.07) is 0. The Morgan fingerprint density at radius 1 is 1.40 bits per heavy atom. The molecule has 2 aromatic heterocycles. The van der Waals surface area contributed by atoms with E-state index in [1.54, 1.807) is 24.8 Å². The molecule has 1 N–H and O–H groups in total. The summed E-state index contributed by atoms with van der Waals surface area (Å²) in [7, 11) is 0. The lowest BCUT2D eigenvalue weighted by Gasteiger charge is -2.33. The first-order valence-electron chi connectivity index (χ1n) is 6.40. The number of rotatable bonds is 2. The maximum absolute atomic E-state index is 5.86.